The maximum atomic E-state index is 2.40. The molecule has 7 aromatic carbocycles. The number of fused-ring (bicyclic) bond motifs is 10. The number of aryl methyl sites for hydroxylation is 2. The largest absolute Gasteiger partial charge is 0.343 e. The number of hydrogen-bond acceptors (Lipinski definition) is 0. The molecule has 9 aromatic rings. The summed E-state index contributed by atoms with van der Waals surface area (Å²) in [6.45, 7) is 0. The van der Waals surface area contributed by atoms with Gasteiger partial charge in [-0.05, 0) is 57.3 Å². The smallest absolute Gasteiger partial charge is 0.0568 e. The van der Waals surface area contributed by atoms with Gasteiger partial charge in [0, 0.05) is 57.4 Å². The zero-order valence-corrected chi connectivity index (χ0v) is 25.9. The monoisotopic (exact) mass is 588 g/mol. The fourth-order valence-corrected chi connectivity index (χ4v) is 7.35. The van der Waals surface area contributed by atoms with Gasteiger partial charge in [-0.3, -0.25) is 0 Å². The SMILES string of the molecule is Cn1c2cc3c4ccc5cc(/C=C/c6ccccc6)ccc5c4n(C)c3cc2c2ccc3cc(/C=C/c4ccccc4)ccc3c21. The van der Waals surface area contributed by atoms with Crippen LogP contribution in [-0.4, -0.2) is 9.13 Å². The van der Waals surface area contributed by atoms with Crippen LogP contribution in [0.1, 0.15) is 22.3 Å². The average Bonchev–Trinajstić information content (AvgIpc) is 3.56. The third-order valence-electron chi connectivity index (χ3n) is 9.65. The number of benzene rings is 7. The van der Waals surface area contributed by atoms with E-state index in [2.05, 4.69) is 181 Å². The number of hydrogen-bond donors (Lipinski definition) is 0. The van der Waals surface area contributed by atoms with E-state index in [4.69, 9.17) is 0 Å². The summed E-state index contributed by atoms with van der Waals surface area (Å²) in [7, 11) is 4.42. The van der Waals surface area contributed by atoms with Gasteiger partial charge in [-0.1, -0.05) is 133 Å². The molecular formula is C44H32N2. The highest BCUT2D eigenvalue weighted by molar-refractivity contribution is 6.24. The van der Waals surface area contributed by atoms with Crippen molar-refractivity contribution in [2.75, 3.05) is 0 Å². The molecule has 46 heavy (non-hydrogen) atoms. The van der Waals surface area contributed by atoms with Crippen molar-refractivity contribution in [2.45, 2.75) is 0 Å². The first-order chi connectivity index (χ1) is 22.6. The standard InChI is InChI=1S/C44H32N2/c1-45-41-27-40-38-24-20-34-26-32(16-14-30-11-7-4-8-12-30)18-22-36(34)44(38)46(2)42(40)28-39(41)37-23-19-33-25-31(17-21-35(33)43(37)45)15-13-29-9-5-3-6-10-29/h3-28H,1-2H3/b15-13+,16-14+. The van der Waals surface area contributed by atoms with Gasteiger partial charge < -0.3 is 9.13 Å². The highest BCUT2D eigenvalue weighted by Crippen LogP contribution is 2.40. The van der Waals surface area contributed by atoms with E-state index in [1.54, 1.807) is 0 Å². The van der Waals surface area contributed by atoms with Gasteiger partial charge in [-0.15, -0.1) is 0 Å². The normalized spacial score (nSPS) is 12.4. The number of aromatic nitrogens is 2. The Bertz CT molecular complexity index is 2490. The molecule has 2 heterocycles. The Hall–Kier alpha value is -5.86. The van der Waals surface area contributed by atoms with E-state index in [1.807, 2.05) is 0 Å². The maximum Gasteiger partial charge on any atom is 0.0568 e. The lowest BCUT2D eigenvalue weighted by atomic mass is 10.0. The number of rotatable bonds is 4. The van der Waals surface area contributed by atoms with Crippen LogP contribution in [-0.2, 0) is 14.1 Å². The highest BCUT2D eigenvalue weighted by atomic mass is 15.0. The van der Waals surface area contributed by atoms with E-state index in [1.165, 1.54) is 87.4 Å². The minimum Gasteiger partial charge on any atom is -0.343 e. The fraction of sp³-hybridized carbons (Fsp3) is 0.0455. The van der Waals surface area contributed by atoms with E-state index in [0.29, 0.717) is 0 Å². The third-order valence-corrected chi connectivity index (χ3v) is 9.65. The molecule has 2 aromatic heterocycles. The maximum absolute atomic E-state index is 2.40. The molecule has 0 aliphatic heterocycles. The first-order valence-corrected chi connectivity index (χ1v) is 15.9. The molecule has 0 spiro atoms. The predicted octanol–water partition coefficient (Wildman–Crippen LogP) is 11.6. The van der Waals surface area contributed by atoms with Crippen molar-refractivity contribution in [1.29, 1.82) is 0 Å². The molecule has 0 aliphatic carbocycles. The summed E-state index contributed by atoms with van der Waals surface area (Å²) < 4.78 is 4.77. The van der Waals surface area contributed by atoms with Crippen LogP contribution in [0.2, 0.25) is 0 Å². The third kappa shape index (κ3) is 4.18. The summed E-state index contributed by atoms with van der Waals surface area (Å²) in [5, 5.41) is 10.3. The van der Waals surface area contributed by atoms with Gasteiger partial charge in [-0.2, -0.15) is 0 Å². The quantitative estimate of drug-likeness (QED) is 0.181. The molecule has 0 unspecified atom stereocenters. The van der Waals surface area contributed by atoms with E-state index < -0.39 is 0 Å². The lowest BCUT2D eigenvalue weighted by Crippen LogP contribution is -1.89. The Kier molecular flexibility index (Phi) is 5.97. The summed E-state index contributed by atoms with van der Waals surface area (Å²) in [4.78, 5) is 0. The molecule has 0 N–H and O–H groups in total. The van der Waals surface area contributed by atoms with Crippen LogP contribution in [0.25, 0.3) is 89.5 Å². The summed E-state index contributed by atoms with van der Waals surface area (Å²) in [5.74, 6) is 0. The van der Waals surface area contributed by atoms with Gasteiger partial charge in [0.1, 0.15) is 0 Å². The zero-order valence-electron chi connectivity index (χ0n) is 25.9. The van der Waals surface area contributed by atoms with E-state index in [-0.39, 0.29) is 0 Å². The Balaban J connectivity index is 1.17. The van der Waals surface area contributed by atoms with Gasteiger partial charge in [0.15, 0.2) is 0 Å². The molecule has 0 saturated carbocycles. The Morgan fingerprint density at radius 3 is 1.17 bits per heavy atom. The van der Waals surface area contributed by atoms with Crippen LogP contribution in [0.15, 0.2) is 133 Å². The summed E-state index contributed by atoms with van der Waals surface area (Å²) >= 11 is 0. The minimum absolute atomic E-state index is 1.21. The van der Waals surface area contributed by atoms with Crippen molar-refractivity contribution in [3.05, 3.63) is 156 Å². The van der Waals surface area contributed by atoms with E-state index in [0.717, 1.165) is 0 Å². The van der Waals surface area contributed by atoms with Crippen LogP contribution in [0, 0.1) is 0 Å². The molecule has 9 rings (SSSR count). The second kappa shape index (κ2) is 10.4. The molecule has 0 saturated heterocycles. The molecule has 218 valence electrons. The summed E-state index contributed by atoms with van der Waals surface area (Å²) in [6.07, 6.45) is 8.75. The van der Waals surface area contributed by atoms with Crippen molar-refractivity contribution >= 4 is 89.5 Å². The van der Waals surface area contributed by atoms with Gasteiger partial charge >= 0.3 is 0 Å². The van der Waals surface area contributed by atoms with E-state index in [9.17, 15) is 0 Å². The van der Waals surface area contributed by atoms with Crippen LogP contribution in [0.3, 0.4) is 0 Å². The van der Waals surface area contributed by atoms with Crippen molar-refractivity contribution in [1.82, 2.24) is 9.13 Å². The van der Waals surface area contributed by atoms with Gasteiger partial charge in [0.25, 0.3) is 0 Å². The molecule has 0 fully saturated rings. The second-order valence-corrected chi connectivity index (χ2v) is 12.4. The number of nitrogens with zero attached hydrogens (tertiary/aromatic N) is 2. The topological polar surface area (TPSA) is 9.86 Å². The van der Waals surface area contributed by atoms with Crippen molar-refractivity contribution < 1.29 is 0 Å². The van der Waals surface area contributed by atoms with Crippen molar-refractivity contribution in [3.8, 4) is 0 Å². The van der Waals surface area contributed by atoms with Crippen LogP contribution in [0.4, 0.5) is 0 Å². The lowest BCUT2D eigenvalue weighted by molar-refractivity contribution is 1.01. The molecule has 0 radical (unpaired) electrons. The van der Waals surface area contributed by atoms with Crippen molar-refractivity contribution in [3.63, 3.8) is 0 Å². The van der Waals surface area contributed by atoms with Crippen LogP contribution < -0.4 is 0 Å². The molecule has 0 atom stereocenters. The second-order valence-electron chi connectivity index (χ2n) is 12.4. The first kappa shape index (κ1) is 26.5. The molecule has 0 amide bonds. The van der Waals surface area contributed by atoms with Crippen LogP contribution in [0.5, 0.6) is 0 Å². The zero-order chi connectivity index (χ0) is 30.8. The van der Waals surface area contributed by atoms with Gasteiger partial charge in [0.05, 0.1) is 11.0 Å². The van der Waals surface area contributed by atoms with Gasteiger partial charge in [0.2, 0.25) is 0 Å². The Morgan fingerprint density at radius 2 is 0.739 bits per heavy atom. The first-order valence-electron chi connectivity index (χ1n) is 15.9. The van der Waals surface area contributed by atoms with Gasteiger partial charge in [-0.25, -0.2) is 0 Å². The van der Waals surface area contributed by atoms with E-state index >= 15 is 0 Å². The van der Waals surface area contributed by atoms with Crippen LogP contribution >= 0.6 is 0 Å². The average molecular weight is 589 g/mol. The molecular weight excluding hydrogens is 556 g/mol. The Labute approximate surface area is 267 Å². The molecule has 0 bridgehead atoms. The fourth-order valence-electron chi connectivity index (χ4n) is 7.35. The predicted molar refractivity (Wildman–Crippen MR) is 200 cm³/mol. The van der Waals surface area contributed by atoms with Crippen molar-refractivity contribution in [2.24, 2.45) is 14.1 Å². The minimum atomic E-state index is 1.21. The molecule has 2 nitrogen and oxygen atoms in total. The Morgan fingerprint density at radius 1 is 0.348 bits per heavy atom. The summed E-state index contributed by atoms with van der Waals surface area (Å²) in [6, 6.07) is 48.5. The molecule has 2 heteroatoms. The summed E-state index contributed by atoms with van der Waals surface area (Å²) in [5.41, 5.74) is 9.92. The highest BCUT2D eigenvalue weighted by Gasteiger charge is 2.17. The molecule has 0 aliphatic rings. The lowest BCUT2D eigenvalue weighted by Gasteiger charge is -2.05.